The van der Waals surface area contributed by atoms with E-state index in [1.165, 1.54) is 18.9 Å². The molecular weight excluding hydrogens is 241 g/mol. The molecule has 3 heteroatoms. The Labute approximate surface area is 114 Å². The van der Waals surface area contributed by atoms with Crippen molar-refractivity contribution in [3.05, 3.63) is 29.6 Å². The first-order valence-electron chi connectivity index (χ1n) is 7.32. The second-order valence-electron chi connectivity index (χ2n) is 6.28. The average Bonchev–Trinajstić information content (AvgIpc) is 2.92. The lowest BCUT2D eigenvalue weighted by molar-refractivity contribution is 0.178. The molecule has 1 heterocycles. The van der Waals surface area contributed by atoms with Gasteiger partial charge in [-0.05, 0) is 43.4 Å². The predicted molar refractivity (Wildman–Crippen MR) is 73.7 cm³/mol. The summed E-state index contributed by atoms with van der Waals surface area (Å²) in [5.74, 6) is 1.42. The fourth-order valence-electron chi connectivity index (χ4n) is 3.66. The molecule has 0 bridgehead atoms. The Kier molecular flexibility index (Phi) is 3.25. The largest absolute Gasteiger partial charge is 0.490 e. The monoisotopic (exact) mass is 263 g/mol. The second-order valence-corrected chi connectivity index (χ2v) is 6.28. The summed E-state index contributed by atoms with van der Waals surface area (Å²) in [4.78, 5) is 0. The number of rotatable bonds is 3. The highest BCUT2D eigenvalue weighted by Gasteiger charge is 2.38. The highest BCUT2D eigenvalue weighted by molar-refractivity contribution is 5.38. The minimum atomic E-state index is -0.183. The molecule has 2 N–H and O–H groups in total. The molecule has 3 rings (SSSR count). The van der Waals surface area contributed by atoms with Gasteiger partial charge in [-0.25, -0.2) is 4.39 Å². The van der Waals surface area contributed by atoms with E-state index in [1.807, 2.05) is 0 Å². The standard InChI is InChI=1S/C16H22FNO/c1-2-11-5-6-16(18,9-11)10-14-8-12-7-13(17)3-4-15(12)19-14/h3-4,7,11,14H,2,5-6,8-10,18H2,1H3. The summed E-state index contributed by atoms with van der Waals surface area (Å²) in [5, 5.41) is 0. The summed E-state index contributed by atoms with van der Waals surface area (Å²) in [6.45, 7) is 2.24. The van der Waals surface area contributed by atoms with Crippen LogP contribution in [0.1, 0.15) is 44.6 Å². The van der Waals surface area contributed by atoms with Crippen molar-refractivity contribution in [1.29, 1.82) is 0 Å². The molecule has 104 valence electrons. The van der Waals surface area contributed by atoms with Crippen LogP contribution in [0.5, 0.6) is 5.75 Å². The summed E-state index contributed by atoms with van der Waals surface area (Å²) in [5.41, 5.74) is 7.42. The number of benzene rings is 1. The van der Waals surface area contributed by atoms with Gasteiger partial charge in [-0.15, -0.1) is 0 Å². The predicted octanol–water partition coefficient (Wildman–Crippen LogP) is 3.43. The number of nitrogens with two attached hydrogens (primary N) is 1. The van der Waals surface area contributed by atoms with E-state index >= 15 is 0 Å². The van der Waals surface area contributed by atoms with Gasteiger partial charge in [0.1, 0.15) is 17.7 Å². The lowest BCUT2D eigenvalue weighted by atomic mass is 9.88. The van der Waals surface area contributed by atoms with E-state index in [1.54, 1.807) is 12.1 Å². The highest BCUT2D eigenvalue weighted by Crippen LogP contribution is 2.40. The minimum absolute atomic E-state index is 0.0774. The molecule has 3 unspecified atom stereocenters. The molecule has 2 aliphatic rings. The van der Waals surface area contributed by atoms with Crippen LogP contribution in [0, 0.1) is 11.7 Å². The van der Waals surface area contributed by atoms with E-state index in [2.05, 4.69) is 6.92 Å². The maximum Gasteiger partial charge on any atom is 0.123 e. The van der Waals surface area contributed by atoms with Crippen LogP contribution in [0.4, 0.5) is 4.39 Å². The second kappa shape index (κ2) is 4.78. The molecule has 1 fully saturated rings. The van der Waals surface area contributed by atoms with Crippen LogP contribution in [0.3, 0.4) is 0 Å². The number of hydrogen-bond acceptors (Lipinski definition) is 2. The van der Waals surface area contributed by atoms with Crippen molar-refractivity contribution in [3.8, 4) is 5.75 Å². The smallest absolute Gasteiger partial charge is 0.123 e. The van der Waals surface area contributed by atoms with Crippen molar-refractivity contribution in [1.82, 2.24) is 0 Å². The van der Waals surface area contributed by atoms with Gasteiger partial charge in [0, 0.05) is 23.9 Å². The molecule has 1 aliphatic carbocycles. The molecule has 1 saturated carbocycles. The van der Waals surface area contributed by atoms with E-state index in [4.69, 9.17) is 10.5 Å². The summed E-state index contributed by atoms with van der Waals surface area (Å²) < 4.78 is 19.1. The zero-order chi connectivity index (χ0) is 13.5. The summed E-state index contributed by atoms with van der Waals surface area (Å²) >= 11 is 0. The lowest BCUT2D eigenvalue weighted by Crippen LogP contribution is -2.41. The fourth-order valence-corrected chi connectivity index (χ4v) is 3.66. The maximum atomic E-state index is 13.2. The fraction of sp³-hybridized carbons (Fsp3) is 0.625. The van der Waals surface area contributed by atoms with Gasteiger partial charge in [0.15, 0.2) is 0 Å². The Morgan fingerprint density at radius 3 is 3.05 bits per heavy atom. The minimum Gasteiger partial charge on any atom is -0.490 e. The van der Waals surface area contributed by atoms with Gasteiger partial charge >= 0.3 is 0 Å². The van der Waals surface area contributed by atoms with Gasteiger partial charge in [0.25, 0.3) is 0 Å². The molecule has 0 amide bonds. The number of hydrogen-bond donors (Lipinski definition) is 1. The number of ether oxygens (including phenoxy) is 1. The molecule has 0 spiro atoms. The van der Waals surface area contributed by atoms with E-state index in [9.17, 15) is 4.39 Å². The van der Waals surface area contributed by atoms with Crippen molar-refractivity contribution < 1.29 is 9.13 Å². The molecule has 0 radical (unpaired) electrons. The van der Waals surface area contributed by atoms with E-state index in [0.29, 0.717) is 0 Å². The van der Waals surface area contributed by atoms with Gasteiger partial charge in [0.2, 0.25) is 0 Å². The molecule has 19 heavy (non-hydrogen) atoms. The van der Waals surface area contributed by atoms with Crippen molar-refractivity contribution in [2.45, 2.75) is 57.1 Å². The van der Waals surface area contributed by atoms with E-state index in [0.717, 1.165) is 42.9 Å². The molecule has 1 aliphatic heterocycles. The summed E-state index contributed by atoms with van der Waals surface area (Å²) in [6, 6.07) is 4.78. The van der Waals surface area contributed by atoms with Crippen LogP contribution in [-0.2, 0) is 6.42 Å². The third kappa shape index (κ3) is 2.62. The van der Waals surface area contributed by atoms with Crippen LogP contribution in [-0.4, -0.2) is 11.6 Å². The van der Waals surface area contributed by atoms with Gasteiger partial charge in [-0.3, -0.25) is 0 Å². The molecule has 1 aromatic carbocycles. The van der Waals surface area contributed by atoms with Crippen LogP contribution in [0.15, 0.2) is 18.2 Å². The van der Waals surface area contributed by atoms with Crippen LogP contribution >= 0.6 is 0 Å². The number of fused-ring (bicyclic) bond motifs is 1. The van der Waals surface area contributed by atoms with Crippen LogP contribution < -0.4 is 10.5 Å². The Morgan fingerprint density at radius 1 is 1.47 bits per heavy atom. The molecule has 0 aromatic heterocycles. The first-order chi connectivity index (χ1) is 9.08. The Balaban J connectivity index is 1.64. The average molecular weight is 263 g/mol. The van der Waals surface area contributed by atoms with Gasteiger partial charge in [-0.2, -0.15) is 0 Å². The van der Waals surface area contributed by atoms with Crippen LogP contribution in [0.25, 0.3) is 0 Å². The molecule has 3 atom stereocenters. The molecule has 1 aromatic rings. The van der Waals surface area contributed by atoms with Gasteiger partial charge in [-0.1, -0.05) is 13.3 Å². The Morgan fingerprint density at radius 2 is 2.32 bits per heavy atom. The van der Waals surface area contributed by atoms with Crippen molar-refractivity contribution >= 4 is 0 Å². The van der Waals surface area contributed by atoms with Crippen molar-refractivity contribution in [2.24, 2.45) is 11.7 Å². The normalized spacial score (nSPS) is 33.2. The molecular formula is C16H22FNO. The number of halogens is 1. The van der Waals surface area contributed by atoms with Crippen molar-refractivity contribution in [2.75, 3.05) is 0 Å². The SMILES string of the molecule is CCC1CCC(N)(CC2Cc3cc(F)ccc3O2)C1. The quantitative estimate of drug-likeness (QED) is 0.906. The van der Waals surface area contributed by atoms with Crippen molar-refractivity contribution in [3.63, 3.8) is 0 Å². The van der Waals surface area contributed by atoms with Gasteiger partial charge < -0.3 is 10.5 Å². The topological polar surface area (TPSA) is 35.2 Å². The third-order valence-electron chi connectivity index (χ3n) is 4.72. The maximum absolute atomic E-state index is 13.2. The Bertz CT molecular complexity index is 476. The van der Waals surface area contributed by atoms with E-state index in [-0.39, 0.29) is 17.5 Å². The van der Waals surface area contributed by atoms with Crippen LogP contribution in [0.2, 0.25) is 0 Å². The Hall–Kier alpha value is -1.09. The lowest BCUT2D eigenvalue weighted by Gasteiger charge is -2.27. The summed E-state index contributed by atoms with van der Waals surface area (Å²) in [7, 11) is 0. The first-order valence-corrected chi connectivity index (χ1v) is 7.32. The first kappa shape index (κ1) is 12.9. The van der Waals surface area contributed by atoms with E-state index < -0.39 is 0 Å². The zero-order valence-electron chi connectivity index (χ0n) is 11.5. The zero-order valence-corrected chi connectivity index (χ0v) is 11.5. The summed E-state index contributed by atoms with van der Waals surface area (Å²) in [6.07, 6.45) is 6.46. The molecule has 2 nitrogen and oxygen atoms in total. The molecule has 0 saturated heterocycles. The highest BCUT2D eigenvalue weighted by atomic mass is 19.1. The van der Waals surface area contributed by atoms with Gasteiger partial charge in [0.05, 0.1) is 0 Å². The third-order valence-corrected chi connectivity index (χ3v) is 4.72.